The van der Waals surface area contributed by atoms with Crippen molar-refractivity contribution in [1.82, 2.24) is 14.9 Å². The zero-order valence-corrected chi connectivity index (χ0v) is 13.5. The van der Waals surface area contributed by atoms with Crippen molar-refractivity contribution >= 4 is 27.4 Å². The third kappa shape index (κ3) is 3.04. The van der Waals surface area contributed by atoms with Crippen molar-refractivity contribution < 1.29 is 4.39 Å². The van der Waals surface area contributed by atoms with Crippen molar-refractivity contribution in [3.63, 3.8) is 0 Å². The first-order valence-electron chi connectivity index (χ1n) is 7.69. The average molecular weight is 328 g/mol. The Bertz CT molecular complexity index is 797. The highest BCUT2D eigenvalue weighted by Crippen LogP contribution is 2.22. The van der Waals surface area contributed by atoms with Crippen LogP contribution in [0.2, 0.25) is 0 Å². The van der Waals surface area contributed by atoms with Crippen molar-refractivity contribution in [2.45, 2.75) is 6.54 Å². The number of nitrogens with zero attached hydrogens (tertiary/aromatic N) is 4. The van der Waals surface area contributed by atoms with Crippen LogP contribution in [-0.2, 0) is 6.54 Å². The standard InChI is InChI=1S/C17H17FN4S/c18-15-10-13-2-1-3-19-16(13)14(11-15)12-21-5-7-22(8-6-21)17-20-4-9-23-17/h1-4,9-11H,5-8,12H2. The number of pyridine rings is 1. The highest BCUT2D eigenvalue weighted by atomic mass is 32.1. The summed E-state index contributed by atoms with van der Waals surface area (Å²) in [4.78, 5) is 13.5. The van der Waals surface area contributed by atoms with Crippen LogP contribution < -0.4 is 4.90 Å². The first kappa shape index (κ1) is 14.5. The van der Waals surface area contributed by atoms with Crippen LogP contribution in [0.3, 0.4) is 0 Å². The van der Waals surface area contributed by atoms with Crippen molar-refractivity contribution in [3.05, 3.63) is 53.4 Å². The van der Waals surface area contributed by atoms with Gasteiger partial charge in [-0.2, -0.15) is 0 Å². The van der Waals surface area contributed by atoms with Crippen LogP contribution in [0.15, 0.2) is 42.0 Å². The molecule has 0 aliphatic carbocycles. The third-order valence-electron chi connectivity index (χ3n) is 4.20. The van der Waals surface area contributed by atoms with E-state index in [0.717, 1.165) is 54.3 Å². The normalized spacial score (nSPS) is 16.1. The quantitative estimate of drug-likeness (QED) is 0.739. The summed E-state index contributed by atoms with van der Waals surface area (Å²) in [5.74, 6) is -0.193. The van der Waals surface area contributed by atoms with Gasteiger partial charge in [0.1, 0.15) is 5.82 Å². The van der Waals surface area contributed by atoms with E-state index >= 15 is 0 Å². The summed E-state index contributed by atoms with van der Waals surface area (Å²) >= 11 is 1.68. The monoisotopic (exact) mass is 328 g/mol. The van der Waals surface area contributed by atoms with E-state index in [4.69, 9.17) is 0 Å². The van der Waals surface area contributed by atoms with Gasteiger partial charge in [-0.25, -0.2) is 9.37 Å². The minimum atomic E-state index is -0.193. The van der Waals surface area contributed by atoms with E-state index in [0.29, 0.717) is 0 Å². The second-order valence-electron chi connectivity index (χ2n) is 5.72. The largest absolute Gasteiger partial charge is 0.346 e. The highest BCUT2D eigenvalue weighted by molar-refractivity contribution is 7.13. The van der Waals surface area contributed by atoms with Gasteiger partial charge in [0, 0.05) is 55.9 Å². The lowest BCUT2D eigenvalue weighted by Crippen LogP contribution is -2.46. The topological polar surface area (TPSA) is 32.3 Å². The van der Waals surface area contributed by atoms with Crippen LogP contribution in [0.4, 0.5) is 9.52 Å². The Kier molecular flexibility index (Phi) is 3.93. The van der Waals surface area contributed by atoms with E-state index in [1.807, 2.05) is 23.7 Å². The summed E-state index contributed by atoms with van der Waals surface area (Å²) in [6.07, 6.45) is 3.61. The molecule has 0 atom stereocenters. The van der Waals surface area contributed by atoms with E-state index < -0.39 is 0 Å². The number of benzene rings is 1. The van der Waals surface area contributed by atoms with E-state index in [1.54, 1.807) is 29.7 Å². The summed E-state index contributed by atoms with van der Waals surface area (Å²) in [6.45, 7) is 4.54. The number of halogens is 1. The molecule has 0 bridgehead atoms. The number of anilines is 1. The lowest BCUT2D eigenvalue weighted by molar-refractivity contribution is 0.250. The van der Waals surface area contributed by atoms with Crippen molar-refractivity contribution in [3.8, 4) is 0 Å². The number of hydrogen-bond donors (Lipinski definition) is 0. The lowest BCUT2D eigenvalue weighted by Gasteiger charge is -2.34. The van der Waals surface area contributed by atoms with E-state index in [2.05, 4.69) is 19.8 Å². The Labute approximate surface area is 138 Å². The summed E-state index contributed by atoms with van der Waals surface area (Å²) in [6, 6.07) is 6.92. The molecule has 4 rings (SSSR count). The molecular formula is C17H17FN4S. The lowest BCUT2D eigenvalue weighted by atomic mass is 10.1. The second kappa shape index (κ2) is 6.22. The van der Waals surface area contributed by atoms with Crippen LogP contribution in [0.5, 0.6) is 0 Å². The first-order valence-corrected chi connectivity index (χ1v) is 8.57. The molecule has 0 amide bonds. The van der Waals surface area contributed by atoms with Crippen molar-refractivity contribution in [2.75, 3.05) is 31.1 Å². The molecule has 23 heavy (non-hydrogen) atoms. The highest BCUT2D eigenvalue weighted by Gasteiger charge is 2.19. The number of rotatable bonds is 3. The molecule has 4 nitrogen and oxygen atoms in total. The molecule has 0 N–H and O–H groups in total. The summed E-state index contributed by atoms with van der Waals surface area (Å²) in [5.41, 5.74) is 1.86. The van der Waals surface area contributed by atoms with E-state index in [1.165, 1.54) is 0 Å². The number of fused-ring (bicyclic) bond motifs is 1. The molecule has 0 unspecified atom stereocenters. The van der Waals surface area contributed by atoms with Gasteiger partial charge in [-0.05, 0) is 23.8 Å². The number of hydrogen-bond acceptors (Lipinski definition) is 5. The fourth-order valence-electron chi connectivity index (χ4n) is 3.06. The molecule has 0 radical (unpaired) electrons. The molecule has 6 heteroatoms. The maximum Gasteiger partial charge on any atom is 0.185 e. The summed E-state index contributed by atoms with van der Waals surface area (Å²) in [7, 11) is 0. The van der Waals surface area contributed by atoms with Crippen LogP contribution in [-0.4, -0.2) is 41.0 Å². The molecule has 2 aromatic heterocycles. The van der Waals surface area contributed by atoms with E-state index in [9.17, 15) is 4.39 Å². The molecule has 1 fully saturated rings. The van der Waals surface area contributed by atoms with E-state index in [-0.39, 0.29) is 5.82 Å². The van der Waals surface area contributed by atoms with Crippen molar-refractivity contribution in [1.29, 1.82) is 0 Å². The Morgan fingerprint density at radius 2 is 1.96 bits per heavy atom. The van der Waals surface area contributed by atoms with Gasteiger partial charge < -0.3 is 4.90 Å². The zero-order valence-electron chi connectivity index (χ0n) is 12.7. The second-order valence-corrected chi connectivity index (χ2v) is 6.59. The SMILES string of the molecule is Fc1cc(CN2CCN(c3nccs3)CC2)c2ncccc2c1. The van der Waals surface area contributed by atoms with Crippen LogP contribution >= 0.6 is 11.3 Å². The van der Waals surface area contributed by atoms with Gasteiger partial charge in [-0.15, -0.1) is 11.3 Å². The summed E-state index contributed by atoms with van der Waals surface area (Å²) in [5, 5.41) is 3.96. The molecule has 1 aliphatic rings. The maximum atomic E-state index is 13.8. The molecule has 0 spiro atoms. The smallest absolute Gasteiger partial charge is 0.185 e. The number of piperazine rings is 1. The van der Waals surface area contributed by atoms with Gasteiger partial charge in [-0.3, -0.25) is 9.88 Å². The number of aromatic nitrogens is 2. The Morgan fingerprint density at radius 3 is 2.74 bits per heavy atom. The Balaban J connectivity index is 1.49. The molecule has 3 heterocycles. The van der Waals surface area contributed by atoms with Gasteiger partial charge in [0.25, 0.3) is 0 Å². The third-order valence-corrected chi connectivity index (χ3v) is 5.04. The molecular weight excluding hydrogens is 311 g/mol. The van der Waals surface area contributed by atoms with Gasteiger partial charge in [0.05, 0.1) is 5.52 Å². The fourth-order valence-corrected chi connectivity index (χ4v) is 3.76. The fraction of sp³-hybridized carbons (Fsp3) is 0.294. The van der Waals surface area contributed by atoms with Crippen LogP contribution in [0.25, 0.3) is 10.9 Å². The predicted octanol–water partition coefficient (Wildman–Crippen LogP) is 3.15. The first-order chi connectivity index (χ1) is 11.3. The minimum Gasteiger partial charge on any atom is -0.346 e. The molecule has 1 saturated heterocycles. The van der Waals surface area contributed by atoms with Crippen molar-refractivity contribution in [2.24, 2.45) is 0 Å². The molecule has 0 saturated carbocycles. The Hall–Kier alpha value is -2.05. The van der Waals surface area contributed by atoms with Gasteiger partial charge >= 0.3 is 0 Å². The summed E-state index contributed by atoms with van der Waals surface area (Å²) < 4.78 is 13.8. The predicted molar refractivity (Wildman–Crippen MR) is 91.3 cm³/mol. The minimum absolute atomic E-state index is 0.193. The Morgan fingerprint density at radius 1 is 1.09 bits per heavy atom. The molecule has 1 aliphatic heterocycles. The zero-order chi connectivity index (χ0) is 15.6. The molecule has 1 aromatic carbocycles. The maximum absolute atomic E-state index is 13.8. The van der Waals surface area contributed by atoms with Crippen LogP contribution in [0.1, 0.15) is 5.56 Å². The molecule has 118 valence electrons. The molecule has 3 aromatic rings. The van der Waals surface area contributed by atoms with Gasteiger partial charge in [0.15, 0.2) is 5.13 Å². The van der Waals surface area contributed by atoms with Gasteiger partial charge in [-0.1, -0.05) is 6.07 Å². The van der Waals surface area contributed by atoms with Gasteiger partial charge in [0.2, 0.25) is 0 Å². The van der Waals surface area contributed by atoms with Crippen LogP contribution in [0, 0.1) is 5.82 Å². The number of thiazole rings is 1. The average Bonchev–Trinajstić information content (AvgIpc) is 3.10.